The summed E-state index contributed by atoms with van der Waals surface area (Å²) in [5.74, 6) is -0.468. The third-order valence-electron chi connectivity index (χ3n) is 4.38. The lowest BCUT2D eigenvalue weighted by Gasteiger charge is -2.13. The Bertz CT molecular complexity index is 660. The molecule has 0 aliphatic carbocycles. The van der Waals surface area contributed by atoms with E-state index in [0.717, 1.165) is 38.5 Å². The number of carbonyl (C=O) groups excluding carboxylic acids is 1. The quantitative estimate of drug-likeness (QED) is 0.209. The van der Waals surface area contributed by atoms with Gasteiger partial charge in [-0.05, 0) is 63.4 Å². The maximum atomic E-state index is 11.9. The Kier molecular flexibility index (Phi) is 21.7. The SMILES string of the molecule is CC/C=C/C/C=C/C/C=C/C/C=C/C/C=C/C/C=C/CCC(=O)NC(CCSC)C(=O)O. The van der Waals surface area contributed by atoms with Gasteiger partial charge < -0.3 is 10.4 Å². The number of carboxylic acid groups (broad SMARTS) is 1. The summed E-state index contributed by atoms with van der Waals surface area (Å²) < 4.78 is 0. The van der Waals surface area contributed by atoms with E-state index in [0.29, 0.717) is 25.0 Å². The van der Waals surface area contributed by atoms with E-state index in [1.165, 1.54) is 0 Å². The molecule has 32 heavy (non-hydrogen) atoms. The van der Waals surface area contributed by atoms with Crippen molar-refractivity contribution in [3.05, 3.63) is 72.9 Å². The molecule has 0 rings (SSSR count). The number of hydrogen-bond donors (Lipinski definition) is 2. The molecular weight excluding hydrogens is 418 g/mol. The van der Waals surface area contributed by atoms with E-state index >= 15 is 0 Å². The molecule has 4 nitrogen and oxygen atoms in total. The molecule has 0 fully saturated rings. The van der Waals surface area contributed by atoms with Crippen LogP contribution in [0.4, 0.5) is 0 Å². The van der Waals surface area contributed by atoms with Crippen LogP contribution in [0.1, 0.15) is 64.7 Å². The number of amides is 1. The molecular formula is C27H41NO3S. The van der Waals surface area contributed by atoms with Gasteiger partial charge in [0.05, 0.1) is 0 Å². The van der Waals surface area contributed by atoms with Gasteiger partial charge in [0.1, 0.15) is 6.04 Å². The molecule has 0 saturated carbocycles. The summed E-state index contributed by atoms with van der Waals surface area (Å²) in [6.45, 7) is 2.14. The average Bonchev–Trinajstić information content (AvgIpc) is 2.78. The summed E-state index contributed by atoms with van der Waals surface area (Å²) in [7, 11) is 0. The number of thioether (sulfide) groups is 1. The molecule has 178 valence electrons. The molecule has 1 unspecified atom stereocenters. The van der Waals surface area contributed by atoms with Crippen molar-refractivity contribution < 1.29 is 14.7 Å². The summed E-state index contributed by atoms with van der Waals surface area (Å²) in [5, 5.41) is 11.7. The van der Waals surface area contributed by atoms with E-state index in [4.69, 9.17) is 5.11 Å². The van der Waals surface area contributed by atoms with E-state index in [-0.39, 0.29) is 5.91 Å². The molecule has 0 aromatic heterocycles. The van der Waals surface area contributed by atoms with Crippen LogP contribution < -0.4 is 5.32 Å². The number of carboxylic acids is 1. The Morgan fingerprint density at radius 2 is 1.22 bits per heavy atom. The fourth-order valence-corrected chi connectivity index (χ4v) is 3.09. The predicted molar refractivity (Wildman–Crippen MR) is 140 cm³/mol. The first-order chi connectivity index (χ1) is 15.6. The van der Waals surface area contributed by atoms with Gasteiger partial charge in [-0.25, -0.2) is 4.79 Å². The molecule has 0 saturated heterocycles. The number of rotatable bonds is 19. The second-order valence-corrected chi connectivity index (χ2v) is 8.18. The molecule has 0 aliphatic rings. The zero-order valence-electron chi connectivity index (χ0n) is 19.7. The zero-order valence-corrected chi connectivity index (χ0v) is 20.6. The molecule has 0 aliphatic heterocycles. The minimum Gasteiger partial charge on any atom is -0.480 e. The molecule has 2 N–H and O–H groups in total. The van der Waals surface area contributed by atoms with Crippen molar-refractivity contribution in [3.8, 4) is 0 Å². The summed E-state index contributed by atoms with van der Waals surface area (Å²) in [4.78, 5) is 23.0. The summed E-state index contributed by atoms with van der Waals surface area (Å²) in [6.07, 6.45) is 34.8. The van der Waals surface area contributed by atoms with Crippen LogP contribution in [0, 0.1) is 0 Å². The van der Waals surface area contributed by atoms with Gasteiger partial charge in [-0.15, -0.1) is 0 Å². The van der Waals surface area contributed by atoms with Crippen molar-refractivity contribution in [1.82, 2.24) is 5.32 Å². The molecule has 1 amide bonds. The number of carbonyl (C=O) groups is 2. The maximum absolute atomic E-state index is 11.9. The normalized spacial score (nSPS) is 13.6. The van der Waals surface area contributed by atoms with Gasteiger partial charge >= 0.3 is 5.97 Å². The van der Waals surface area contributed by atoms with Crippen LogP contribution in [0.2, 0.25) is 0 Å². The molecule has 0 heterocycles. The first-order valence-corrected chi connectivity index (χ1v) is 12.9. The van der Waals surface area contributed by atoms with Crippen molar-refractivity contribution >= 4 is 23.6 Å². The van der Waals surface area contributed by atoms with Crippen molar-refractivity contribution in [2.75, 3.05) is 12.0 Å². The van der Waals surface area contributed by atoms with Gasteiger partial charge in [0.15, 0.2) is 0 Å². The second kappa shape index (κ2) is 23.4. The number of allylic oxidation sites excluding steroid dienone is 12. The predicted octanol–water partition coefficient (Wildman–Crippen LogP) is 6.79. The molecule has 0 bridgehead atoms. The molecule has 1 atom stereocenters. The minimum absolute atomic E-state index is 0.210. The van der Waals surface area contributed by atoms with Crippen LogP contribution in [0.25, 0.3) is 0 Å². The highest BCUT2D eigenvalue weighted by atomic mass is 32.2. The summed E-state index contributed by atoms with van der Waals surface area (Å²) >= 11 is 1.57. The third kappa shape index (κ3) is 21.0. The third-order valence-corrected chi connectivity index (χ3v) is 5.02. The number of aliphatic carboxylic acids is 1. The summed E-state index contributed by atoms with van der Waals surface area (Å²) in [5.41, 5.74) is 0. The Morgan fingerprint density at radius 1 is 0.781 bits per heavy atom. The van der Waals surface area contributed by atoms with E-state index in [1.807, 2.05) is 18.4 Å². The van der Waals surface area contributed by atoms with Crippen molar-refractivity contribution in [2.24, 2.45) is 0 Å². The number of hydrogen-bond acceptors (Lipinski definition) is 3. The fourth-order valence-electron chi connectivity index (χ4n) is 2.61. The van der Waals surface area contributed by atoms with Gasteiger partial charge in [-0.3, -0.25) is 4.79 Å². The van der Waals surface area contributed by atoms with Crippen LogP contribution in [0.3, 0.4) is 0 Å². The van der Waals surface area contributed by atoms with Crippen molar-refractivity contribution in [3.63, 3.8) is 0 Å². The van der Waals surface area contributed by atoms with E-state index in [2.05, 4.69) is 73.0 Å². The zero-order chi connectivity index (χ0) is 23.7. The maximum Gasteiger partial charge on any atom is 0.326 e. The lowest BCUT2D eigenvalue weighted by atomic mass is 10.2. The number of nitrogens with one attached hydrogen (secondary N) is 1. The first-order valence-electron chi connectivity index (χ1n) is 11.5. The first kappa shape index (κ1) is 29.7. The van der Waals surface area contributed by atoms with Crippen molar-refractivity contribution in [1.29, 1.82) is 0 Å². The van der Waals surface area contributed by atoms with E-state index in [9.17, 15) is 9.59 Å². The Morgan fingerprint density at radius 3 is 1.62 bits per heavy atom. The molecule has 5 heteroatoms. The van der Waals surface area contributed by atoms with Crippen LogP contribution in [-0.2, 0) is 9.59 Å². The second-order valence-electron chi connectivity index (χ2n) is 7.19. The van der Waals surface area contributed by atoms with Crippen LogP contribution in [0.15, 0.2) is 72.9 Å². The van der Waals surface area contributed by atoms with E-state index < -0.39 is 12.0 Å². The van der Waals surface area contributed by atoms with Crippen LogP contribution >= 0.6 is 11.8 Å². The van der Waals surface area contributed by atoms with Crippen molar-refractivity contribution in [2.45, 2.75) is 70.8 Å². The van der Waals surface area contributed by atoms with Gasteiger partial charge in [0.25, 0.3) is 0 Å². The van der Waals surface area contributed by atoms with Gasteiger partial charge in [0.2, 0.25) is 5.91 Å². The lowest BCUT2D eigenvalue weighted by molar-refractivity contribution is -0.141. The highest BCUT2D eigenvalue weighted by molar-refractivity contribution is 7.98. The highest BCUT2D eigenvalue weighted by Gasteiger charge is 2.18. The largest absolute Gasteiger partial charge is 0.480 e. The lowest BCUT2D eigenvalue weighted by Crippen LogP contribution is -2.41. The Labute approximate surface area is 199 Å². The van der Waals surface area contributed by atoms with Crippen LogP contribution in [0.5, 0.6) is 0 Å². The molecule has 0 radical (unpaired) electrons. The molecule has 0 spiro atoms. The monoisotopic (exact) mass is 459 g/mol. The highest BCUT2D eigenvalue weighted by Crippen LogP contribution is 2.03. The van der Waals surface area contributed by atoms with Crippen LogP contribution in [-0.4, -0.2) is 35.0 Å². The summed E-state index contributed by atoms with van der Waals surface area (Å²) in [6, 6.07) is -0.791. The molecule has 0 aromatic rings. The molecule has 0 aromatic carbocycles. The van der Waals surface area contributed by atoms with Gasteiger partial charge in [-0.1, -0.05) is 79.8 Å². The van der Waals surface area contributed by atoms with E-state index in [1.54, 1.807) is 11.8 Å². The Balaban J connectivity index is 3.77. The Hall–Kier alpha value is -2.27. The van der Waals surface area contributed by atoms with Gasteiger partial charge in [-0.2, -0.15) is 11.8 Å². The average molecular weight is 460 g/mol. The van der Waals surface area contributed by atoms with Gasteiger partial charge in [0, 0.05) is 6.42 Å². The standard InChI is InChI=1S/C27H41NO3S/c1-3-4-5-6-7-8-9-10-11-12-13-14-15-16-17-18-19-20-21-22-26(29)28-25(27(30)31)23-24-32-2/h4-5,7-8,10-11,13-14,16-17,19-20,25H,3,6,9,12,15,18,21-24H2,1-2H3,(H,28,29)(H,30,31)/b5-4+,8-7+,11-10+,14-13+,17-16+,20-19+. The fraction of sp³-hybridized carbons (Fsp3) is 0.481. The minimum atomic E-state index is -0.971. The topological polar surface area (TPSA) is 66.4 Å². The smallest absolute Gasteiger partial charge is 0.326 e.